The van der Waals surface area contributed by atoms with Crippen LogP contribution in [0.4, 0.5) is 0 Å². The fraction of sp³-hybridized carbons (Fsp3) is 0.333. The summed E-state index contributed by atoms with van der Waals surface area (Å²) >= 11 is 8.92. The van der Waals surface area contributed by atoms with Crippen LogP contribution in [0.3, 0.4) is 0 Å². The van der Waals surface area contributed by atoms with Crippen molar-refractivity contribution in [3.63, 3.8) is 0 Å². The first-order valence-corrected chi connectivity index (χ1v) is 6.81. The summed E-state index contributed by atoms with van der Waals surface area (Å²) in [5.41, 5.74) is 2.29. The highest BCUT2D eigenvalue weighted by Gasteiger charge is 2.29. The molecule has 0 amide bonds. The van der Waals surface area contributed by atoms with Crippen molar-refractivity contribution < 1.29 is 0 Å². The Hall–Kier alpha value is -0.940. The van der Waals surface area contributed by atoms with E-state index in [1.165, 1.54) is 18.4 Å². The second-order valence-electron chi connectivity index (χ2n) is 4.45. The van der Waals surface area contributed by atoms with Gasteiger partial charge in [-0.1, -0.05) is 6.07 Å². The summed E-state index contributed by atoms with van der Waals surface area (Å²) in [4.78, 5) is 0. The maximum atomic E-state index is 5.32. The van der Waals surface area contributed by atoms with Crippen molar-refractivity contribution in [2.75, 3.05) is 0 Å². The Morgan fingerprint density at radius 1 is 1.47 bits per heavy atom. The number of nitrogens with zero attached hydrogens (tertiary/aromatic N) is 2. The van der Waals surface area contributed by atoms with Crippen molar-refractivity contribution in [1.29, 1.82) is 0 Å². The molecule has 88 valence electrons. The molecule has 0 spiro atoms. The molecule has 0 bridgehead atoms. The van der Waals surface area contributed by atoms with Crippen LogP contribution in [0, 0.1) is 11.7 Å². The first-order chi connectivity index (χ1) is 8.16. The quantitative estimate of drug-likeness (QED) is 0.854. The highest BCUT2D eigenvalue weighted by molar-refractivity contribution is 9.10. The maximum absolute atomic E-state index is 5.32. The molecule has 1 aromatic carbocycles. The van der Waals surface area contributed by atoms with Gasteiger partial charge in [-0.05, 0) is 65.6 Å². The van der Waals surface area contributed by atoms with Gasteiger partial charge in [-0.3, -0.25) is 9.67 Å². The lowest BCUT2D eigenvalue weighted by Crippen LogP contribution is -2.01. The lowest BCUT2D eigenvalue weighted by Gasteiger charge is -2.09. The molecule has 0 unspecified atom stereocenters. The molecule has 1 fully saturated rings. The van der Waals surface area contributed by atoms with Gasteiger partial charge in [0.05, 0.1) is 5.69 Å². The molecule has 0 saturated heterocycles. The van der Waals surface area contributed by atoms with Gasteiger partial charge in [-0.15, -0.1) is 0 Å². The summed E-state index contributed by atoms with van der Waals surface area (Å²) in [7, 11) is 0. The topological polar surface area (TPSA) is 33.6 Å². The van der Waals surface area contributed by atoms with E-state index in [9.17, 15) is 0 Å². The van der Waals surface area contributed by atoms with Crippen molar-refractivity contribution in [2.45, 2.75) is 25.7 Å². The Morgan fingerprint density at radius 2 is 2.24 bits per heavy atom. The number of halogens is 1. The van der Waals surface area contributed by atoms with Gasteiger partial charge in [-0.2, -0.15) is 5.10 Å². The fourth-order valence-electron chi connectivity index (χ4n) is 1.95. The Labute approximate surface area is 113 Å². The molecule has 1 saturated carbocycles. The van der Waals surface area contributed by atoms with E-state index < -0.39 is 0 Å². The van der Waals surface area contributed by atoms with Gasteiger partial charge in [0.15, 0.2) is 4.77 Å². The molecule has 17 heavy (non-hydrogen) atoms. The molecule has 3 rings (SSSR count). The lowest BCUT2D eigenvalue weighted by atomic mass is 10.2. The molecule has 1 aromatic heterocycles. The highest BCUT2D eigenvalue weighted by atomic mass is 79.9. The van der Waals surface area contributed by atoms with Crippen molar-refractivity contribution in [3.8, 4) is 5.69 Å². The Bertz CT molecular complexity index is 625. The maximum Gasteiger partial charge on any atom is 0.199 e. The van der Waals surface area contributed by atoms with Crippen LogP contribution in [0.25, 0.3) is 5.69 Å². The third-order valence-electron chi connectivity index (χ3n) is 2.98. The van der Waals surface area contributed by atoms with Gasteiger partial charge >= 0.3 is 0 Å². The second-order valence-corrected chi connectivity index (χ2v) is 5.69. The molecule has 1 N–H and O–H groups in total. The van der Waals surface area contributed by atoms with Crippen LogP contribution in [-0.2, 0) is 0 Å². The molecule has 0 radical (unpaired) electrons. The standard InChI is InChI=1S/C12H12BrN3S/c1-7-2-5-10(9(13)6-7)16-11(8-3-4-8)14-15-12(16)17/h2,5-6,8H,3-4H2,1H3,(H,15,17). The van der Waals surface area contributed by atoms with Gasteiger partial charge in [0.25, 0.3) is 0 Å². The highest BCUT2D eigenvalue weighted by Crippen LogP contribution is 2.40. The summed E-state index contributed by atoms with van der Waals surface area (Å²) in [5, 5.41) is 7.24. The monoisotopic (exact) mass is 309 g/mol. The smallest absolute Gasteiger partial charge is 0.199 e. The van der Waals surface area contributed by atoms with Crippen molar-refractivity contribution in [3.05, 3.63) is 38.8 Å². The van der Waals surface area contributed by atoms with E-state index in [1.807, 2.05) is 4.57 Å². The molecule has 0 aliphatic heterocycles. The van der Waals surface area contributed by atoms with E-state index in [-0.39, 0.29) is 0 Å². The Morgan fingerprint density at radius 3 is 2.88 bits per heavy atom. The van der Waals surface area contributed by atoms with E-state index in [4.69, 9.17) is 12.2 Å². The summed E-state index contributed by atoms with van der Waals surface area (Å²) in [6, 6.07) is 6.27. The fourth-order valence-corrected chi connectivity index (χ4v) is 2.86. The molecule has 3 nitrogen and oxygen atoms in total. The minimum atomic E-state index is 0.566. The summed E-state index contributed by atoms with van der Waals surface area (Å²) < 4.78 is 3.75. The minimum absolute atomic E-state index is 0.566. The SMILES string of the molecule is Cc1ccc(-n2c(C3CC3)n[nH]c2=S)c(Br)c1. The summed E-state index contributed by atoms with van der Waals surface area (Å²) in [6.45, 7) is 2.07. The Balaban J connectivity index is 2.20. The van der Waals surface area contributed by atoms with E-state index in [1.54, 1.807) is 0 Å². The largest absolute Gasteiger partial charge is 0.271 e. The molecule has 1 heterocycles. The van der Waals surface area contributed by atoms with Crippen molar-refractivity contribution in [2.24, 2.45) is 0 Å². The predicted molar refractivity (Wildman–Crippen MR) is 73.2 cm³/mol. The van der Waals surface area contributed by atoms with Gasteiger partial charge in [0.2, 0.25) is 0 Å². The number of aryl methyl sites for hydroxylation is 1. The number of nitrogens with one attached hydrogen (secondary N) is 1. The van der Waals surface area contributed by atoms with E-state index >= 15 is 0 Å². The van der Waals surface area contributed by atoms with Gasteiger partial charge in [0, 0.05) is 10.4 Å². The average molecular weight is 310 g/mol. The first kappa shape index (κ1) is 11.2. The van der Waals surface area contributed by atoms with E-state index in [0.29, 0.717) is 10.7 Å². The predicted octanol–water partition coefficient (Wildman–Crippen LogP) is 3.88. The third-order valence-corrected chi connectivity index (χ3v) is 3.89. The number of aromatic amines is 1. The number of benzene rings is 1. The zero-order chi connectivity index (χ0) is 12.0. The van der Waals surface area contributed by atoms with E-state index in [0.717, 1.165) is 16.0 Å². The minimum Gasteiger partial charge on any atom is -0.271 e. The van der Waals surface area contributed by atoms with Crippen LogP contribution in [0.15, 0.2) is 22.7 Å². The number of hydrogen-bond acceptors (Lipinski definition) is 2. The summed E-state index contributed by atoms with van der Waals surface area (Å²) in [5.74, 6) is 1.62. The van der Waals surface area contributed by atoms with Crippen molar-refractivity contribution >= 4 is 28.1 Å². The second kappa shape index (κ2) is 4.07. The number of hydrogen-bond donors (Lipinski definition) is 1. The molecular formula is C12H12BrN3S. The van der Waals surface area contributed by atoms with Crippen LogP contribution in [0.1, 0.15) is 30.1 Å². The van der Waals surface area contributed by atoms with Crippen LogP contribution >= 0.6 is 28.1 Å². The number of H-pyrrole nitrogens is 1. The third kappa shape index (κ3) is 1.98. The zero-order valence-corrected chi connectivity index (χ0v) is 11.8. The van der Waals surface area contributed by atoms with Crippen LogP contribution in [0.5, 0.6) is 0 Å². The molecular weight excluding hydrogens is 298 g/mol. The number of aromatic nitrogens is 3. The summed E-state index contributed by atoms with van der Waals surface area (Å²) in [6.07, 6.45) is 2.42. The molecule has 0 atom stereocenters. The molecule has 2 aromatic rings. The lowest BCUT2D eigenvalue weighted by molar-refractivity contribution is 0.866. The zero-order valence-electron chi connectivity index (χ0n) is 9.40. The van der Waals surface area contributed by atoms with Gasteiger partial charge < -0.3 is 0 Å². The average Bonchev–Trinajstić information content (AvgIpc) is 3.04. The number of rotatable bonds is 2. The van der Waals surface area contributed by atoms with E-state index in [2.05, 4.69) is 51.3 Å². The molecule has 1 aliphatic rings. The molecule has 5 heteroatoms. The van der Waals surface area contributed by atoms with Gasteiger partial charge in [0.1, 0.15) is 5.82 Å². The van der Waals surface area contributed by atoms with Crippen LogP contribution in [0.2, 0.25) is 0 Å². The molecule has 1 aliphatic carbocycles. The van der Waals surface area contributed by atoms with Crippen LogP contribution < -0.4 is 0 Å². The Kier molecular flexibility index (Phi) is 2.67. The van der Waals surface area contributed by atoms with Crippen LogP contribution in [-0.4, -0.2) is 14.8 Å². The first-order valence-electron chi connectivity index (χ1n) is 5.60. The normalized spacial score (nSPS) is 15.2. The van der Waals surface area contributed by atoms with Crippen molar-refractivity contribution in [1.82, 2.24) is 14.8 Å². The van der Waals surface area contributed by atoms with Gasteiger partial charge in [-0.25, -0.2) is 0 Å².